The number of aromatic nitrogens is 2. The summed E-state index contributed by atoms with van der Waals surface area (Å²) in [5, 5.41) is 19.6. The maximum atomic E-state index is 13.6. The highest BCUT2D eigenvalue weighted by molar-refractivity contribution is 7.89. The summed E-state index contributed by atoms with van der Waals surface area (Å²) in [5.41, 5.74) is 1.29. The first-order valence-electron chi connectivity index (χ1n) is 13.1. The molecule has 5 N–H and O–H groups in total. The van der Waals surface area contributed by atoms with Crippen molar-refractivity contribution in [2.45, 2.75) is 63.4 Å². The topological polar surface area (TPSA) is 175 Å². The molecule has 1 aromatic heterocycles. The second-order valence-corrected chi connectivity index (χ2v) is 11.6. The first kappa shape index (κ1) is 29.0. The Morgan fingerprint density at radius 3 is 2.48 bits per heavy atom. The SMILES string of the molecule is Cc1cc(C)c(S(=O)(=O)NC(CCCCCNc2nc3ccccc3[nH]2)(NC(=O)C2=NOCC2)C(=O)O)c(C)c1. The van der Waals surface area contributed by atoms with E-state index in [9.17, 15) is 23.1 Å². The highest BCUT2D eigenvalue weighted by Gasteiger charge is 2.45. The van der Waals surface area contributed by atoms with E-state index in [0.717, 1.165) is 16.6 Å². The number of nitrogens with one attached hydrogen (secondary N) is 4. The molecule has 0 bridgehead atoms. The Morgan fingerprint density at radius 1 is 1.10 bits per heavy atom. The van der Waals surface area contributed by atoms with Crippen molar-refractivity contribution in [3.63, 3.8) is 0 Å². The summed E-state index contributed by atoms with van der Waals surface area (Å²) in [6.45, 7) is 5.89. The van der Waals surface area contributed by atoms with Gasteiger partial charge in [0.25, 0.3) is 5.91 Å². The van der Waals surface area contributed by atoms with Crippen molar-refractivity contribution in [1.82, 2.24) is 20.0 Å². The lowest BCUT2D eigenvalue weighted by Crippen LogP contribution is -2.66. The smallest absolute Gasteiger partial charge is 0.345 e. The lowest BCUT2D eigenvalue weighted by molar-refractivity contribution is -0.148. The van der Waals surface area contributed by atoms with Gasteiger partial charge in [-0.25, -0.2) is 18.2 Å². The predicted octanol–water partition coefficient (Wildman–Crippen LogP) is 3.11. The molecule has 4 rings (SSSR count). The van der Waals surface area contributed by atoms with Crippen LogP contribution in [0.1, 0.15) is 48.8 Å². The van der Waals surface area contributed by atoms with E-state index >= 15 is 0 Å². The molecule has 1 unspecified atom stereocenters. The Morgan fingerprint density at radius 2 is 1.82 bits per heavy atom. The monoisotopic (exact) mass is 570 g/mol. The van der Waals surface area contributed by atoms with E-state index in [-0.39, 0.29) is 30.1 Å². The number of amides is 1. The summed E-state index contributed by atoms with van der Waals surface area (Å²) >= 11 is 0. The van der Waals surface area contributed by atoms with E-state index in [1.54, 1.807) is 26.0 Å². The minimum Gasteiger partial charge on any atom is -0.478 e. The molecule has 0 saturated heterocycles. The molecule has 3 aromatic rings. The van der Waals surface area contributed by atoms with Crippen LogP contribution in [0, 0.1) is 20.8 Å². The average molecular weight is 571 g/mol. The van der Waals surface area contributed by atoms with Crippen molar-refractivity contribution in [2.24, 2.45) is 5.16 Å². The third kappa shape index (κ3) is 6.59. The number of hydrogen-bond acceptors (Lipinski definition) is 8. The number of unbranched alkanes of at least 4 members (excludes halogenated alkanes) is 2. The molecule has 214 valence electrons. The van der Waals surface area contributed by atoms with Crippen molar-refractivity contribution in [2.75, 3.05) is 18.5 Å². The van der Waals surface area contributed by atoms with Gasteiger partial charge in [0, 0.05) is 13.0 Å². The van der Waals surface area contributed by atoms with Crippen LogP contribution in [0.25, 0.3) is 11.0 Å². The number of carboxylic acids is 1. The summed E-state index contributed by atoms with van der Waals surface area (Å²) in [6.07, 6.45) is 1.54. The number of aliphatic carboxylic acids is 1. The molecule has 12 nitrogen and oxygen atoms in total. The number of anilines is 1. The van der Waals surface area contributed by atoms with E-state index in [0.29, 0.717) is 42.9 Å². The van der Waals surface area contributed by atoms with Gasteiger partial charge in [0.15, 0.2) is 0 Å². The molecule has 1 aliphatic rings. The van der Waals surface area contributed by atoms with Crippen LogP contribution in [-0.4, -0.2) is 59.9 Å². The van der Waals surface area contributed by atoms with Gasteiger partial charge in [-0.15, -0.1) is 0 Å². The maximum absolute atomic E-state index is 13.6. The van der Waals surface area contributed by atoms with Crippen LogP contribution in [0.2, 0.25) is 0 Å². The molecule has 0 fully saturated rings. The van der Waals surface area contributed by atoms with Crippen molar-refractivity contribution in [1.29, 1.82) is 0 Å². The van der Waals surface area contributed by atoms with Crippen molar-refractivity contribution in [3.05, 3.63) is 53.1 Å². The van der Waals surface area contributed by atoms with E-state index in [1.807, 2.05) is 31.2 Å². The van der Waals surface area contributed by atoms with Gasteiger partial charge in [-0.3, -0.25) is 4.79 Å². The fourth-order valence-corrected chi connectivity index (χ4v) is 6.65. The number of oxime groups is 1. The number of carbonyl (C=O) groups is 2. The molecule has 0 saturated carbocycles. The maximum Gasteiger partial charge on any atom is 0.345 e. The molecule has 1 aliphatic heterocycles. The Kier molecular flexibility index (Phi) is 8.74. The molecular weight excluding hydrogens is 536 g/mol. The van der Waals surface area contributed by atoms with E-state index in [2.05, 4.69) is 30.5 Å². The number of aryl methyl sites for hydroxylation is 3. The normalized spacial score (nSPS) is 14.8. The van der Waals surface area contributed by atoms with Crippen molar-refractivity contribution < 1.29 is 28.0 Å². The summed E-state index contributed by atoms with van der Waals surface area (Å²) in [4.78, 5) is 38.0. The Labute approximate surface area is 232 Å². The number of benzene rings is 2. The lowest BCUT2D eigenvalue weighted by Gasteiger charge is -2.31. The Balaban J connectivity index is 1.48. The zero-order valence-corrected chi connectivity index (χ0v) is 23.5. The van der Waals surface area contributed by atoms with Crippen LogP contribution in [0.15, 0.2) is 46.4 Å². The molecule has 0 radical (unpaired) electrons. The zero-order chi connectivity index (χ0) is 28.9. The van der Waals surface area contributed by atoms with Crippen LogP contribution in [0.4, 0.5) is 5.95 Å². The van der Waals surface area contributed by atoms with Gasteiger partial charge in [-0.2, -0.15) is 4.72 Å². The summed E-state index contributed by atoms with van der Waals surface area (Å²) in [7, 11) is -4.35. The molecule has 0 spiro atoms. The number of carboxylic acid groups (broad SMARTS) is 1. The van der Waals surface area contributed by atoms with Crippen molar-refractivity contribution in [3.8, 4) is 0 Å². The molecule has 40 heavy (non-hydrogen) atoms. The first-order chi connectivity index (χ1) is 19.0. The predicted molar refractivity (Wildman–Crippen MR) is 151 cm³/mol. The highest BCUT2D eigenvalue weighted by Crippen LogP contribution is 2.25. The quantitative estimate of drug-likeness (QED) is 0.154. The molecule has 2 heterocycles. The van der Waals surface area contributed by atoms with Crippen LogP contribution >= 0.6 is 0 Å². The van der Waals surface area contributed by atoms with Gasteiger partial charge in [0.1, 0.15) is 12.3 Å². The minimum atomic E-state index is -4.35. The third-order valence-electron chi connectivity index (χ3n) is 6.65. The third-order valence-corrected chi connectivity index (χ3v) is 8.45. The number of H-pyrrole nitrogens is 1. The van der Waals surface area contributed by atoms with E-state index in [4.69, 9.17) is 4.84 Å². The number of rotatable bonds is 13. The number of sulfonamides is 1. The number of carbonyl (C=O) groups excluding carboxylic acids is 1. The number of nitrogens with zero attached hydrogens (tertiary/aromatic N) is 2. The largest absolute Gasteiger partial charge is 0.478 e. The fourth-order valence-electron chi connectivity index (χ4n) is 4.88. The highest BCUT2D eigenvalue weighted by atomic mass is 32.2. The lowest BCUT2D eigenvalue weighted by atomic mass is 10.0. The van der Waals surface area contributed by atoms with Crippen LogP contribution < -0.4 is 15.4 Å². The number of fused-ring (bicyclic) bond motifs is 1. The van der Waals surface area contributed by atoms with Gasteiger partial charge in [0.2, 0.25) is 21.6 Å². The fraction of sp³-hybridized carbons (Fsp3) is 0.407. The minimum absolute atomic E-state index is 0.00237. The van der Waals surface area contributed by atoms with E-state index < -0.39 is 27.6 Å². The van der Waals surface area contributed by atoms with Gasteiger partial charge in [-0.05, 0) is 63.3 Å². The molecule has 13 heteroatoms. The summed E-state index contributed by atoms with van der Waals surface area (Å²) in [6, 6.07) is 11.1. The Bertz CT molecular complexity index is 1490. The van der Waals surface area contributed by atoms with Gasteiger partial charge in [0.05, 0.1) is 15.9 Å². The van der Waals surface area contributed by atoms with Crippen LogP contribution in [0.5, 0.6) is 0 Å². The second kappa shape index (κ2) is 12.0. The molecule has 0 aliphatic carbocycles. The second-order valence-electron chi connectivity index (χ2n) is 9.96. The number of hydrogen-bond donors (Lipinski definition) is 5. The Hall–Kier alpha value is -3.97. The number of imidazole rings is 1. The van der Waals surface area contributed by atoms with Crippen molar-refractivity contribution >= 4 is 44.6 Å². The summed E-state index contributed by atoms with van der Waals surface area (Å²) in [5.74, 6) is -1.69. The summed E-state index contributed by atoms with van der Waals surface area (Å²) < 4.78 is 29.5. The number of para-hydroxylation sites is 2. The van der Waals surface area contributed by atoms with Crippen LogP contribution in [0.3, 0.4) is 0 Å². The molecule has 1 amide bonds. The molecular formula is C27H34N6O6S. The van der Waals surface area contributed by atoms with Gasteiger partial charge < -0.3 is 25.6 Å². The average Bonchev–Trinajstić information content (AvgIpc) is 3.55. The van der Waals surface area contributed by atoms with Crippen LogP contribution in [-0.2, 0) is 24.4 Å². The van der Waals surface area contributed by atoms with E-state index in [1.165, 1.54) is 0 Å². The molecule has 2 aromatic carbocycles. The standard InChI is InChI=1S/C27H34N6O6S/c1-17-15-18(2)23(19(3)16-17)40(37,38)33-27(25(35)36,31-24(34)22-11-14-39-32-22)12-7-4-8-13-28-26-29-20-9-5-6-10-21(20)30-26/h5-6,9-10,15-16,33H,4,7-8,11-14H2,1-3H3,(H,31,34)(H,35,36)(H2,28,29,30). The van der Waals surface area contributed by atoms with Gasteiger partial charge in [-0.1, -0.05) is 41.4 Å². The van der Waals surface area contributed by atoms with Gasteiger partial charge >= 0.3 is 5.97 Å². The zero-order valence-electron chi connectivity index (χ0n) is 22.7. The molecule has 1 atom stereocenters. The first-order valence-corrected chi connectivity index (χ1v) is 14.5. The number of aromatic amines is 1.